The summed E-state index contributed by atoms with van der Waals surface area (Å²) in [4.78, 5) is 22.7. The van der Waals surface area contributed by atoms with E-state index in [2.05, 4.69) is 0 Å². The maximum atomic E-state index is 12.2. The maximum Gasteiger partial charge on any atom is 0.506 e. The summed E-state index contributed by atoms with van der Waals surface area (Å²) in [5, 5.41) is 8.61. The summed E-state index contributed by atoms with van der Waals surface area (Å²) >= 11 is 0. The third-order valence-electron chi connectivity index (χ3n) is 3.19. The molecule has 2 atom stereocenters. The lowest BCUT2D eigenvalue weighted by Gasteiger charge is -2.26. The molecule has 0 amide bonds. The van der Waals surface area contributed by atoms with Crippen molar-refractivity contribution in [3.8, 4) is 0 Å². The lowest BCUT2D eigenvalue weighted by Crippen LogP contribution is -2.30. The second-order valence-corrected chi connectivity index (χ2v) is 5.82. The van der Waals surface area contributed by atoms with Crippen LogP contribution in [0.5, 0.6) is 0 Å². The molecule has 1 aliphatic rings. The summed E-state index contributed by atoms with van der Waals surface area (Å²) in [7, 11) is 0. The quantitative estimate of drug-likeness (QED) is 0.606. The lowest BCUT2D eigenvalue weighted by molar-refractivity contribution is -0.131. The Kier molecular flexibility index (Phi) is 4.93. The molecule has 0 radical (unpaired) electrons. The Bertz CT molecular complexity index is 338. The molecule has 0 fully saturated rings. The molecule has 0 saturated carbocycles. The molecule has 1 N–H and O–H groups in total. The largest absolute Gasteiger partial charge is 0.506 e. The minimum absolute atomic E-state index is 0.00912. The number of allylic oxidation sites excluding steroid dienone is 1. The number of ketones is 1. The van der Waals surface area contributed by atoms with Crippen LogP contribution >= 0.6 is 0 Å². The summed E-state index contributed by atoms with van der Waals surface area (Å²) < 4.78 is 4.76. The van der Waals surface area contributed by atoms with Gasteiger partial charge in [-0.15, -0.1) is 0 Å². The second kappa shape index (κ2) is 6.03. The summed E-state index contributed by atoms with van der Waals surface area (Å²) in [5.74, 6) is 0.265. The van der Waals surface area contributed by atoms with E-state index < -0.39 is 12.3 Å². The Labute approximate surface area is 108 Å². The van der Waals surface area contributed by atoms with Gasteiger partial charge in [0.15, 0.2) is 0 Å². The zero-order chi connectivity index (χ0) is 13.8. The summed E-state index contributed by atoms with van der Waals surface area (Å²) in [5.41, 5.74) is -0.337. The molecular formula is C14H22O4. The maximum absolute atomic E-state index is 12.2. The highest BCUT2D eigenvalue weighted by Gasteiger charge is 2.30. The Morgan fingerprint density at radius 2 is 1.89 bits per heavy atom. The molecule has 18 heavy (non-hydrogen) atoms. The lowest BCUT2D eigenvalue weighted by atomic mass is 9.78. The standard InChI is InChI=1S/C14H22O4/c1-14(2,3)12(15)10-6-4-5-7-11(9-8-10)18-13(16)17/h5,7,10-11H,4,6,8-9H2,1-3H3,(H,16,17). The van der Waals surface area contributed by atoms with Crippen molar-refractivity contribution in [2.24, 2.45) is 11.3 Å². The van der Waals surface area contributed by atoms with Gasteiger partial charge >= 0.3 is 6.16 Å². The van der Waals surface area contributed by atoms with Crippen molar-refractivity contribution in [1.82, 2.24) is 0 Å². The van der Waals surface area contributed by atoms with E-state index in [0.29, 0.717) is 12.8 Å². The van der Waals surface area contributed by atoms with Crippen molar-refractivity contribution in [3.63, 3.8) is 0 Å². The number of hydrogen-bond donors (Lipinski definition) is 1. The molecule has 0 aromatic carbocycles. The van der Waals surface area contributed by atoms with Crippen molar-refractivity contribution in [2.45, 2.75) is 52.6 Å². The van der Waals surface area contributed by atoms with Crippen LogP contribution in [0, 0.1) is 11.3 Å². The first kappa shape index (κ1) is 14.7. The number of hydrogen-bond acceptors (Lipinski definition) is 3. The molecule has 0 heterocycles. The molecule has 0 aromatic heterocycles. The van der Waals surface area contributed by atoms with Crippen LogP contribution in [-0.2, 0) is 9.53 Å². The van der Waals surface area contributed by atoms with Gasteiger partial charge < -0.3 is 9.84 Å². The fraction of sp³-hybridized carbons (Fsp3) is 0.714. The molecule has 4 nitrogen and oxygen atoms in total. The normalized spacial score (nSPS) is 25.1. The van der Waals surface area contributed by atoms with Gasteiger partial charge in [-0.05, 0) is 31.8 Å². The molecular weight excluding hydrogens is 232 g/mol. The van der Waals surface area contributed by atoms with Crippen LogP contribution in [-0.4, -0.2) is 23.1 Å². The van der Waals surface area contributed by atoms with Gasteiger partial charge in [-0.3, -0.25) is 4.79 Å². The van der Waals surface area contributed by atoms with Gasteiger partial charge in [0.05, 0.1) is 0 Å². The van der Waals surface area contributed by atoms with Crippen LogP contribution < -0.4 is 0 Å². The van der Waals surface area contributed by atoms with E-state index in [1.165, 1.54) is 0 Å². The summed E-state index contributed by atoms with van der Waals surface area (Å²) in [6.07, 6.45) is 4.93. The molecule has 0 bridgehead atoms. The van der Waals surface area contributed by atoms with Crippen LogP contribution in [0.15, 0.2) is 12.2 Å². The minimum Gasteiger partial charge on any atom is -0.450 e. The number of rotatable bonds is 2. The number of carboxylic acid groups (broad SMARTS) is 1. The summed E-state index contributed by atoms with van der Waals surface area (Å²) in [6, 6.07) is 0. The van der Waals surface area contributed by atoms with Crippen molar-refractivity contribution >= 4 is 11.9 Å². The van der Waals surface area contributed by atoms with Gasteiger partial charge in [0.2, 0.25) is 0 Å². The van der Waals surface area contributed by atoms with Crippen molar-refractivity contribution in [2.75, 3.05) is 0 Å². The predicted octanol–water partition coefficient (Wildman–Crippen LogP) is 3.41. The molecule has 2 unspecified atom stereocenters. The van der Waals surface area contributed by atoms with E-state index in [-0.39, 0.29) is 17.1 Å². The molecule has 1 aliphatic carbocycles. The third-order valence-corrected chi connectivity index (χ3v) is 3.19. The van der Waals surface area contributed by atoms with Gasteiger partial charge in [0.1, 0.15) is 11.9 Å². The van der Waals surface area contributed by atoms with Gasteiger partial charge in [-0.2, -0.15) is 0 Å². The number of carbonyl (C=O) groups excluding carboxylic acids is 1. The first-order valence-corrected chi connectivity index (χ1v) is 6.41. The Hall–Kier alpha value is -1.32. The van der Waals surface area contributed by atoms with Crippen LogP contribution in [0.2, 0.25) is 0 Å². The smallest absolute Gasteiger partial charge is 0.450 e. The number of Topliss-reactive ketones (excluding diaryl/α,β-unsaturated/α-hetero) is 1. The van der Waals surface area contributed by atoms with E-state index in [1.807, 2.05) is 26.8 Å². The van der Waals surface area contributed by atoms with Crippen molar-refractivity contribution in [3.05, 3.63) is 12.2 Å². The van der Waals surface area contributed by atoms with Crippen LogP contribution in [0.25, 0.3) is 0 Å². The molecule has 0 aliphatic heterocycles. The molecule has 4 heteroatoms. The van der Waals surface area contributed by atoms with Gasteiger partial charge in [-0.25, -0.2) is 4.79 Å². The Morgan fingerprint density at radius 3 is 2.44 bits per heavy atom. The zero-order valence-electron chi connectivity index (χ0n) is 11.3. The molecule has 102 valence electrons. The van der Waals surface area contributed by atoms with Crippen molar-refractivity contribution < 1.29 is 19.4 Å². The van der Waals surface area contributed by atoms with Gasteiger partial charge in [-0.1, -0.05) is 26.8 Å². The molecule has 0 saturated heterocycles. The van der Waals surface area contributed by atoms with Crippen LogP contribution in [0.4, 0.5) is 4.79 Å². The highest BCUT2D eigenvalue weighted by Crippen LogP contribution is 2.28. The number of ether oxygens (including phenoxy) is 1. The fourth-order valence-electron chi connectivity index (χ4n) is 2.25. The molecule has 0 spiro atoms. The highest BCUT2D eigenvalue weighted by atomic mass is 16.7. The highest BCUT2D eigenvalue weighted by molar-refractivity contribution is 5.85. The SMILES string of the molecule is CC(C)(C)C(=O)C1CCC=CC(OC(=O)O)CC1. The number of carbonyl (C=O) groups is 2. The molecule has 1 rings (SSSR count). The van der Waals surface area contributed by atoms with E-state index >= 15 is 0 Å². The zero-order valence-corrected chi connectivity index (χ0v) is 11.3. The average molecular weight is 254 g/mol. The molecule has 0 aromatic rings. The third kappa shape index (κ3) is 4.51. The van der Waals surface area contributed by atoms with E-state index in [0.717, 1.165) is 12.8 Å². The van der Waals surface area contributed by atoms with E-state index in [1.54, 1.807) is 6.08 Å². The Morgan fingerprint density at radius 1 is 1.22 bits per heavy atom. The minimum atomic E-state index is -1.26. The van der Waals surface area contributed by atoms with E-state index in [9.17, 15) is 9.59 Å². The monoisotopic (exact) mass is 254 g/mol. The predicted molar refractivity (Wildman–Crippen MR) is 68.5 cm³/mol. The summed E-state index contributed by atoms with van der Waals surface area (Å²) in [6.45, 7) is 5.78. The first-order valence-electron chi connectivity index (χ1n) is 6.41. The van der Waals surface area contributed by atoms with Gasteiger partial charge in [0.25, 0.3) is 0 Å². The first-order chi connectivity index (χ1) is 8.30. The Balaban J connectivity index is 2.64. The van der Waals surface area contributed by atoms with E-state index in [4.69, 9.17) is 9.84 Å². The average Bonchev–Trinajstić information content (AvgIpc) is 2.20. The van der Waals surface area contributed by atoms with Crippen LogP contribution in [0.3, 0.4) is 0 Å². The van der Waals surface area contributed by atoms with Gasteiger partial charge in [0, 0.05) is 11.3 Å². The van der Waals surface area contributed by atoms with Crippen LogP contribution in [0.1, 0.15) is 46.5 Å². The van der Waals surface area contributed by atoms with Crippen molar-refractivity contribution in [1.29, 1.82) is 0 Å². The fourth-order valence-corrected chi connectivity index (χ4v) is 2.25. The topological polar surface area (TPSA) is 63.6 Å². The second-order valence-electron chi connectivity index (χ2n) is 5.82.